The van der Waals surface area contributed by atoms with Gasteiger partial charge < -0.3 is 9.80 Å². The van der Waals surface area contributed by atoms with E-state index in [0.29, 0.717) is 18.0 Å². The van der Waals surface area contributed by atoms with Gasteiger partial charge in [0, 0.05) is 60.1 Å². The zero-order valence-corrected chi connectivity index (χ0v) is 19.7. The minimum atomic E-state index is 0.124. The second-order valence-corrected chi connectivity index (χ2v) is 9.31. The number of anilines is 1. The molecule has 0 spiro atoms. The van der Waals surface area contributed by atoms with Crippen LogP contribution in [0.1, 0.15) is 12.0 Å². The molecule has 1 fully saturated rings. The monoisotopic (exact) mass is 477 g/mol. The number of para-hydroxylation sites is 1. The van der Waals surface area contributed by atoms with Gasteiger partial charge in [0.1, 0.15) is 0 Å². The zero-order valence-electron chi connectivity index (χ0n) is 18.1. The first-order valence-electron chi connectivity index (χ1n) is 11.0. The molecule has 1 aliphatic rings. The van der Waals surface area contributed by atoms with Crippen LogP contribution in [0.4, 0.5) is 5.13 Å². The van der Waals surface area contributed by atoms with Gasteiger partial charge >= 0.3 is 0 Å². The first-order valence-corrected chi connectivity index (χ1v) is 12.3. The van der Waals surface area contributed by atoms with Crippen LogP contribution < -0.4 is 4.90 Å². The highest BCUT2D eigenvalue weighted by Gasteiger charge is 2.23. The van der Waals surface area contributed by atoms with E-state index in [2.05, 4.69) is 9.88 Å². The first-order chi connectivity index (χ1) is 16.2. The predicted octanol–water partition coefficient (Wildman–Crippen LogP) is 4.93. The van der Waals surface area contributed by atoms with E-state index in [4.69, 9.17) is 16.7 Å². The molecule has 0 saturated carbocycles. The number of hydrogen-bond donors (Lipinski definition) is 0. The average molecular weight is 478 g/mol. The molecule has 0 radical (unpaired) electrons. The van der Waals surface area contributed by atoms with Crippen LogP contribution in [-0.4, -0.2) is 51.8 Å². The number of carbonyl (C=O) groups excluding carboxylic acids is 1. The highest BCUT2D eigenvalue weighted by molar-refractivity contribution is 7.13. The Morgan fingerprint density at radius 1 is 1.00 bits per heavy atom. The third-order valence-corrected chi connectivity index (χ3v) is 6.89. The summed E-state index contributed by atoms with van der Waals surface area (Å²) >= 11 is 7.74. The number of benzene rings is 2. The molecule has 5 rings (SSSR count). The molecule has 1 saturated heterocycles. The van der Waals surface area contributed by atoms with E-state index in [9.17, 15) is 4.79 Å². The lowest BCUT2D eigenvalue weighted by molar-refractivity contribution is -0.130. The lowest BCUT2D eigenvalue weighted by Crippen LogP contribution is -2.36. The van der Waals surface area contributed by atoms with Crippen LogP contribution in [0.5, 0.6) is 0 Å². The molecule has 8 heteroatoms. The quantitative estimate of drug-likeness (QED) is 0.409. The van der Waals surface area contributed by atoms with Gasteiger partial charge in [-0.05, 0) is 30.7 Å². The number of halogens is 1. The largest absolute Gasteiger partial charge is 0.346 e. The molecule has 33 heavy (non-hydrogen) atoms. The highest BCUT2D eigenvalue weighted by Crippen LogP contribution is 2.26. The molecule has 4 aromatic rings. The number of rotatable bonds is 5. The van der Waals surface area contributed by atoms with Crippen LogP contribution in [0.2, 0.25) is 5.02 Å². The van der Waals surface area contributed by atoms with Crippen molar-refractivity contribution in [2.45, 2.75) is 12.8 Å². The molecule has 0 unspecified atom stereocenters. The Kier molecular flexibility index (Phi) is 6.41. The van der Waals surface area contributed by atoms with Gasteiger partial charge in [-0.3, -0.25) is 4.79 Å². The van der Waals surface area contributed by atoms with Crippen molar-refractivity contribution in [1.29, 1.82) is 0 Å². The van der Waals surface area contributed by atoms with Crippen LogP contribution in [0, 0.1) is 0 Å². The van der Waals surface area contributed by atoms with Gasteiger partial charge in [0.2, 0.25) is 5.91 Å². The smallest absolute Gasteiger partial charge is 0.227 e. The molecule has 3 heterocycles. The number of carbonyl (C=O) groups is 1. The maximum Gasteiger partial charge on any atom is 0.227 e. The third-order valence-electron chi connectivity index (χ3n) is 5.81. The van der Waals surface area contributed by atoms with Gasteiger partial charge in [-0.15, -0.1) is 11.3 Å². The molecule has 6 nitrogen and oxygen atoms in total. The summed E-state index contributed by atoms with van der Waals surface area (Å²) in [7, 11) is 0. The van der Waals surface area contributed by atoms with Crippen molar-refractivity contribution in [3.05, 3.63) is 83.0 Å². The molecule has 2 aromatic carbocycles. The predicted molar refractivity (Wildman–Crippen MR) is 133 cm³/mol. The van der Waals surface area contributed by atoms with Crippen molar-refractivity contribution in [2.75, 3.05) is 31.1 Å². The summed E-state index contributed by atoms with van der Waals surface area (Å²) in [5.74, 6) is 0.124. The van der Waals surface area contributed by atoms with Crippen LogP contribution in [0.15, 0.2) is 72.4 Å². The van der Waals surface area contributed by atoms with Gasteiger partial charge in [0.25, 0.3) is 0 Å². The fraction of sp³-hybridized carbons (Fsp3) is 0.240. The van der Waals surface area contributed by atoms with Crippen molar-refractivity contribution >= 4 is 34.0 Å². The van der Waals surface area contributed by atoms with Gasteiger partial charge in [-0.25, -0.2) is 9.67 Å². The van der Waals surface area contributed by atoms with E-state index >= 15 is 0 Å². The third kappa shape index (κ3) is 4.94. The summed E-state index contributed by atoms with van der Waals surface area (Å²) in [5.41, 5.74) is 3.62. The normalized spacial score (nSPS) is 14.3. The summed E-state index contributed by atoms with van der Waals surface area (Å²) in [6, 6.07) is 17.6. The van der Waals surface area contributed by atoms with Gasteiger partial charge in [-0.2, -0.15) is 5.10 Å². The van der Waals surface area contributed by atoms with E-state index < -0.39 is 0 Å². The van der Waals surface area contributed by atoms with Crippen molar-refractivity contribution < 1.29 is 4.79 Å². The fourth-order valence-electron chi connectivity index (χ4n) is 4.11. The molecule has 0 bridgehead atoms. The SMILES string of the molecule is O=C(Cc1cn(-c2ccccc2)nc1-c1ccc(Cl)cc1)N1CCCN(c2nccs2)CC1. The number of hydrogen-bond acceptors (Lipinski definition) is 5. The summed E-state index contributed by atoms with van der Waals surface area (Å²) in [5, 5.41) is 8.52. The van der Waals surface area contributed by atoms with Gasteiger partial charge in [-0.1, -0.05) is 41.9 Å². The topological polar surface area (TPSA) is 54.3 Å². The zero-order chi connectivity index (χ0) is 22.6. The summed E-state index contributed by atoms with van der Waals surface area (Å²) in [4.78, 5) is 22.0. The Morgan fingerprint density at radius 3 is 2.58 bits per heavy atom. The minimum Gasteiger partial charge on any atom is -0.346 e. The summed E-state index contributed by atoms with van der Waals surface area (Å²) in [6.07, 6.45) is 5.04. The Balaban J connectivity index is 1.38. The Morgan fingerprint density at radius 2 is 1.82 bits per heavy atom. The molecular weight excluding hydrogens is 454 g/mol. The Hall–Kier alpha value is -3.16. The Labute approximate surface area is 202 Å². The molecule has 1 amide bonds. The van der Waals surface area contributed by atoms with Crippen LogP contribution in [-0.2, 0) is 11.2 Å². The molecule has 2 aromatic heterocycles. The van der Waals surface area contributed by atoms with E-state index in [1.54, 1.807) is 11.3 Å². The Bertz CT molecular complexity index is 1210. The standard InChI is InChI=1S/C25H24ClN5OS/c26-21-9-7-19(8-10-21)24-20(18-31(28-24)22-5-2-1-3-6-22)17-23(32)29-12-4-13-30(15-14-29)25-27-11-16-33-25/h1-3,5-11,16,18H,4,12-15,17H2. The highest BCUT2D eigenvalue weighted by atomic mass is 35.5. The van der Waals surface area contributed by atoms with Crippen molar-refractivity contribution in [2.24, 2.45) is 0 Å². The molecule has 0 atom stereocenters. The summed E-state index contributed by atoms with van der Waals surface area (Å²) in [6.45, 7) is 3.16. The number of nitrogens with zero attached hydrogens (tertiary/aromatic N) is 5. The molecule has 1 aliphatic heterocycles. The van der Waals surface area contributed by atoms with Crippen molar-refractivity contribution in [3.63, 3.8) is 0 Å². The molecular formula is C25H24ClN5OS. The fourth-order valence-corrected chi connectivity index (χ4v) is 4.93. The van der Waals surface area contributed by atoms with Crippen LogP contribution in [0.25, 0.3) is 16.9 Å². The van der Waals surface area contributed by atoms with E-state index in [1.165, 1.54) is 0 Å². The second kappa shape index (κ2) is 9.77. The molecule has 0 N–H and O–H groups in total. The maximum absolute atomic E-state index is 13.3. The molecule has 0 aliphatic carbocycles. The number of aromatic nitrogens is 3. The second-order valence-electron chi connectivity index (χ2n) is 8.00. The summed E-state index contributed by atoms with van der Waals surface area (Å²) < 4.78 is 1.85. The van der Waals surface area contributed by atoms with Crippen LogP contribution >= 0.6 is 22.9 Å². The van der Waals surface area contributed by atoms with Crippen molar-refractivity contribution in [1.82, 2.24) is 19.7 Å². The number of thiazole rings is 1. The lowest BCUT2D eigenvalue weighted by atomic mass is 10.1. The molecule has 168 valence electrons. The average Bonchev–Trinajstić information content (AvgIpc) is 3.45. The van der Waals surface area contributed by atoms with Crippen LogP contribution in [0.3, 0.4) is 0 Å². The minimum absolute atomic E-state index is 0.124. The van der Waals surface area contributed by atoms with E-state index in [0.717, 1.165) is 53.7 Å². The first kappa shape index (κ1) is 21.7. The van der Waals surface area contributed by atoms with Gasteiger partial charge in [0.05, 0.1) is 17.8 Å². The number of amides is 1. The maximum atomic E-state index is 13.3. The van der Waals surface area contributed by atoms with Crippen molar-refractivity contribution in [3.8, 4) is 16.9 Å². The lowest BCUT2D eigenvalue weighted by Gasteiger charge is -2.21. The van der Waals surface area contributed by atoms with Gasteiger partial charge in [0.15, 0.2) is 5.13 Å². The van der Waals surface area contributed by atoms with E-state index in [-0.39, 0.29) is 5.91 Å². The van der Waals surface area contributed by atoms with E-state index in [1.807, 2.05) is 82.0 Å².